The fourth-order valence-corrected chi connectivity index (χ4v) is 2.41. The summed E-state index contributed by atoms with van der Waals surface area (Å²) < 4.78 is 5.78. The molecule has 3 atom stereocenters. The lowest BCUT2D eigenvalue weighted by molar-refractivity contribution is 0.0992. The van der Waals surface area contributed by atoms with Crippen molar-refractivity contribution in [1.82, 2.24) is 10.6 Å². The summed E-state index contributed by atoms with van der Waals surface area (Å²) in [4.78, 5) is 4.18. The van der Waals surface area contributed by atoms with Gasteiger partial charge in [0.25, 0.3) is 0 Å². The summed E-state index contributed by atoms with van der Waals surface area (Å²) in [6.45, 7) is 0.762. The molecule has 2 bridgehead atoms. The number of aliphatic imine (C=N–C) groups is 1. The molecular formula is C12H20IN3O. The summed E-state index contributed by atoms with van der Waals surface area (Å²) in [6, 6.07) is 0.413. The molecule has 0 radical (unpaired) electrons. The maximum Gasteiger partial charge on any atom is 0.191 e. The number of terminal acetylenes is 1. The zero-order valence-corrected chi connectivity index (χ0v) is 12.4. The molecule has 2 aliphatic heterocycles. The van der Waals surface area contributed by atoms with E-state index in [0.29, 0.717) is 24.7 Å². The van der Waals surface area contributed by atoms with Gasteiger partial charge in [-0.3, -0.25) is 4.99 Å². The first-order valence-electron chi connectivity index (χ1n) is 5.89. The molecule has 2 rings (SSSR count). The van der Waals surface area contributed by atoms with Crippen LogP contribution in [-0.2, 0) is 4.74 Å². The van der Waals surface area contributed by atoms with Gasteiger partial charge < -0.3 is 15.4 Å². The molecule has 2 N–H and O–H groups in total. The second-order valence-electron chi connectivity index (χ2n) is 4.31. The molecule has 0 aromatic rings. The number of guanidine groups is 1. The van der Waals surface area contributed by atoms with E-state index in [1.54, 1.807) is 7.05 Å². The van der Waals surface area contributed by atoms with E-state index in [9.17, 15) is 0 Å². The molecule has 0 aromatic heterocycles. The quantitative estimate of drug-likeness (QED) is 0.264. The molecule has 2 saturated heterocycles. The number of nitrogens with zero attached hydrogens (tertiary/aromatic N) is 1. The molecule has 17 heavy (non-hydrogen) atoms. The lowest BCUT2D eigenvalue weighted by atomic mass is 9.96. The van der Waals surface area contributed by atoms with E-state index in [1.165, 1.54) is 12.8 Å². The second kappa shape index (κ2) is 7.07. The molecular weight excluding hydrogens is 329 g/mol. The first kappa shape index (κ1) is 14.6. The number of hydrogen-bond donors (Lipinski definition) is 2. The summed E-state index contributed by atoms with van der Waals surface area (Å²) >= 11 is 0. The molecule has 96 valence electrons. The molecule has 2 heterocycles. The molecule has 0 saturated carbocycles. The summed E-state index contributed by atoms with van der Waals surface area (Å²) in [7, 11) is 1.78. The van der Waals surface area contributed by atoms with Crippen LogP contribution in [0.5, 0.6) is 0 Å². The third-order valence-electron chi connectivity index (χ3n) is 3.21. The van der Waals surface area contributed by atoms with Crippen LogP contribution < -0.4 is 10.6 Å². The van der Waals surface area contributed by atoms with Gasteiger partial charge in [0.1, 0.15) is 0 Å². The van der Waals surface area contributed by atoms with E-state index >= 15 is 0 Å². The highest BCUT2D eigenvalue weighted by Gasteiger charge is 2.40. The molecule has 2 fully saturated rings. The van der Waals surface area contributed by atoms with Crippen LogP contribution in [0.4, 0.5) is 0 Å². The van der Waals surface area contributed by atoms with Crippen LogP contribution in [0.3, 0.4) is 0 Å². The molecule has 0 amide bonds. The third kappa shape index (κ3) is 3.75. The SMILES string of the molecule is C#CCCNC(=NC)NC1CC2CCC1O2.I. The average Bonchev–Trinajstić information content (AvgIpc) is 2.89. The maximum absolute atomic E-state index is 5.78. The van der Waals surface area contributed by atoms with Crippen LogP contribution in [-0.4, -0.2) is 37.8 Å². The van der Waals surface area contributed by atoms with Gasteiger partial charge in [0.2, 0.25) is 0 Å². The number of halogens is 1. The zero-order chi connectivity index (χ0) is 11.4. The van der Waals surface area contributed by atoms with Gasteiger partial charge in [0.05, 0.1) is 18.2 Å². The van der Waals surface area contributed by atoms with Gasteiger partial charge in [-0.2, -0.15) is 0 Å². The summed E-state index contributed by atoms with van der Waals surface area (Å²) in [5.74, 6) is 3.43. The van der Waals surface area contributed by atoms with E-state index in [1.807, 2.05) is 0 Å². The predicted molar refractivity (Wildman–Crippen MR) is 79.7 cm³/mol. The fourth-order valence-electron chi connectivity index (χ4n) is 2.41. The van der Waals surface area contributed by atoms with Crippen molar-refractivity contribution in [3.63, 3.8) is 0 Å². The Kier molecular flexibility index (Phi) is 6.06. The van der Waals surface area contributed by atoms with Crippen molar-refractivity contribution < 1.29 is 4.74 Å². The second-order valence-corrected chi connectivity index (χ2v) is 4.31. The van der Waals surface area contributed by atoms with E-state index in [4.69, 9.17) is 11.2 Å². The first-order valence-corrected chi connectivity index (χ1v) is 5.89. The topological polar surface area (TPSA) is 45.7 Å². The lowest BCUT2D eigenvalue weighted by Gasteiger charge is -2.22. The Hall–Kier alpha value is -0.480. The van der Waals surface area contributed by atoms with E-state index in [2.05, 4.69) is 21.5 Å². The van der Waals surface area contributed by atoms with Gasteiger partial charge in [0, 0.05) is 20.0 Å². The van der Waals surface area contributed by atoms with E-state index < -0.39 is 0 Å². The molecule has 0 spiro atoms. The van der Waals surface area contributed by atoms with Gasteiger partial charge >= 0.3 is 0 Å². The Morgan fingerprint density at radius 3 is 2.88 bits per heavy atom. The smallest absolute Gasteiger partial charge is 0.191 e. The zero-order valence-electron chi connectivity index (χ0n) is 10.1. The summed E-state index contributed by atoms with van der Waals surface area (Å²) in [5, 5.41) is 6.60. The van der Waals surface area contributed by atoms with Crippen LogP contribution in [0.2, 0.25) is 0 Å². The standard InChI is InChI=1S/C12H19N3O.HI/c1-3-4-7-14-12(13-2)15-10-8-9-5-6-11(10)16-9;/h1,9-11H,4-8H2,2H3,(H2,13,14,15);1H. The highest BCUT2D eigenvalue weighted by molar-refractivity contribution is 14.0. The van der Waals surface area contributed by atoms with E-state index in [0.717, 1.165) is 18.9 Å². The van der Waals surface area contributed by atoms with Gasteiger partial charge in [-0.05, 0) is 19.3 Å². The molecule has 0 aromatic carbocycles. The Bertz CT molecular complexity index is 313. The fraction of sp³-hybridized carbons (Fsp3) is 0.750. The van der Waals surface area contributed by atoms with Gasteiger partial charge in [-0.1, -0.05) is 0 Å². The van der Waals surface area contributed by atoms with Crippen molar-refractivity contribution in [3.05, 3.63) is 0 Å². The van der Waals surface area contributed by atoms with Crippen molar-refractivity contribution in [1.29, 1.82) is 0 Å². The van der Waals surface area contributed by atoms with Crippen LogP contribution in [0, 0.1) is 12.3 Å². The van der Waals surface area contributed by atoms with Crippen LogP contribution >= 0.6 is 24.0 Å². The highest BCUT2D eigenvalue weighted by Crippen LogP contribution is 2.34. The molecule has 0 aliphatic carbocycles. The normalized spacial score (nSPS) is 30.6. The monoisotopic (exact) mass is 349 g/mol. The minimum atomic E-state index is 0. The minimum Gasteiger partial charge on any atom is -0.373 e. The Morgan fingerprint density at radius 2 is 2.35 bits per heavy atom. The molecule has 4 nitrogen and oxygen atoms in total. The van der Waals surface area contributed by atoms with Crippen molar-refractivity contribution in [2.24, 2.45) is 4.99 Å². The molecule has 2 aliphatic rings. The first-order chi connectivity index (χ1) is 7.83. The van der Waals surface area contributed by atoms with Gasteiger partial charge in [-0.25, -0.2) is 0 Å². The van der Waals surface area contributed by atoms with Crippen molar-refractivity contribution in [2.75, 3.05) is 13.6 Å². The number of ether oxygens (including phenoxy) is 1. The van der Waals surface area contributed by atoms with Crippen LogP contribution in [0.15, 0.2) is 4.99 Å². The van der Waals surface area contributed by atoms with Crippen molar-refractivity contribution in [2.45, 2.75) is 43.9 Å². The maximum atomic E-state index is 5.78. The Labute approximate surface area is 120 Å². The van der Waals surface area contributed by atoms with Crippen LogP contribution in [0.1, 0.15) is 25.7 Å². The van der Waals surface area contributed by atoms with Gasteiger partial charge in [0.15, 0.2) is 5.96 Å². The third-order valence-corrected chi connectivity index (χ3v) is 3.21. The Balaban J connectivity index is 0.00000144. The summed E-state index contributed by atoms with van der Waals surface area (Å²) in [5.41, 5.74) is 0. The average molecular weight is 349 g/mol. The predicted octanol–water partition coefficient (Wildman–Crippen LogP) is 1.11. The van der Waals surface area contributed by atoms with E-state index in [-0.39, 0.29) is 24.0 Å². The lowest BCUT2D eigenvalue weighted by Crippen LogP contribution is -2.47. The largest absolute Gasteiger partial charge is 0.373 e. The van der Waals surface area contributed by atoms with Crippen molar-refractivity contribution in [3.8, 4) is 12.3 Å². The molecule has 3 unspecified atom stereocenters. The van der Waals surface area contributed by atoms with Crippen molar-refractivity contribution >= 4 is 29.9 Å². The minimum absolute atomic E-state index is 0. The number of nitrogens with one attached hydrogen (secondary N) is 2. The summed E-state index contributed by atoms with van der Waals surface area (Å²) in [6.07, 6.45) is 10.2. The molecule has 5 heteroatoms. The number of fused-ring (bicyclic) bond motifs is 2. The Morgan fingerprint density at radius 1 is 1.53 bits per heavy atom. The van der Waals surface area contributed by atoms with Crippen LogP contribution in [0.25, 0.3) is 0 Å². The van der Waals surface area contributed by atoms with Gasteiger partial charge in [-0.15, -0.1) is 36.3 Å². The number of rotatable bonds is 3. The number of hydrogen-bond acceptors (Lipinski definition) is 2. The highest BCUT2D eigenvalue weighted by atomic mass is 127.